The molecule has 0 radical (unpaired) electrons. The highest BCUT2D eigenvalue weighted by Crippen LogP contribution is 2.22. The predicted molar refractivity (Wildman–Crippen MR) is 79.3 cm³/mol. The molecule has 2 unspecified atom stereocenters. The Morgan fingerprint density at radius 1 is 1.31 bits per heavy atom. The Hall–Kier alpha value is -2.03. The Labute approximate surface area is 147 Å². The molecule has 13 nitrogen and oxygen atoms in total. The van der Waals surface area contributed by atoms with Crippen LogP contribution in [0.25, 0.3) is 0 Å². The second-order valence-electron chi connectivity index (χ2n) is 5.78. The summed E-state index contributed by atoms with van der Waals surface area (Å²) >= 11 is 0. The minimum atomic E-state index is -1.69. The van der Waals surface area contributed by atoms with Gasteiger partial charge in [0.05, 0.1) is 37.7 Å². The molecule has 0 aromatic carbocycles. The number of carbonyl (C=O) groups excluding carboxylic acids is 1. The smallest absolute Gasteiger partial charge is 0.416 e. The van der Waals surface area contributed by atoms with Crippen LogP contribution in [0.3, 0.4) is 0 Å². The van der Waals surface area contributed by atoms with E-state index in [0.29, 0.717) is 26.3 Å². The van der Waals surface area contributed by atoms with E-state index in [1.54, 1.807) is 0 Å². The van der Waals surface area contributed by atoms with Gasteiger partial charge in [0.1, 0.15) is 24.4 Å². The van der Waals surface area contributed by atoms with E-state index in [4.69, 9.17) is 23.8 Å². The van der Waals surface area contributed by atoms with Crippen LogP contribution in [0.4, 0.5) is 10.7 Å². The number of hydrogen-bond acceptors (Lipinski definition) is 11. The second kappa shape index (κ2) is 8.11. The van der Waals surface area contributed by atoms with E-state index in [0.717, 1.165) is 0 Å². The van der Waals surface area contributed by atoms with Crippen molar-refractivity contribution in [3.63, 3.8) is 0 Å². The standard InChI is InChI=1S/C13H20N4O9/c18-6-7-9(19)10(20)11(21)12(24-7)25-13(22)14-8-5-17(15-26-8)16-1-3-23-4-2-16/h5,7,9-12,18-21H,1-4,6H2/p+1/t7?,9-,10+,11?,12-/m1/s1. The summed E-state index contributed by atoms with van der Waals surface area (Å²) in [6, 6.07) is 0. The van der Waals surface area contributed by atoms with Gasteiger partial charge in [-0.1, -0.05) is 0 Å². The summed E-state index contributed by atoms with van der Waals surface area (Å²) in [5.74, 6) is -0.0221. The van der Waals surface area contributed by atoms with Crippen LogP contribution in [0.2, 0.25) is 0 Å². The lowest BCUT2D eigenvalue weighted by molar-refractivity contribution is -0.759. The highest BCUT2D eigenvalue weighted by Gasteiger charge is 2.45. The number of rotatable bonds is 4. The van der Waals surface area contributed by atoms with E-state index in [-0.39, 0.29) is 5.88 Å². The highest BCUT2D eigenvalue weighted by atomic mass is 16.7. The summed E-state index contributed by atoms with van der Waals surface area (Å²) in [7, 11) is 0. The quantitative estimate of drug-likeness (QED) is 0.327. The van der Waals surface area contributed by atoms with Gasteiger partial charge < -0.3 is 34.6 Å². The lowest BCUT2D eigenvalue weighted by Crippen LogP contribution is -2.62. The van der Waals surface area contributed by atoms with Crippen molar-refractivity contribution in [3.8, 4) is 0 Å². The van der Waals surface area contributed by atoms with E-state index in [1.165, 1.54) is 11.0 Å². The van der Waals surface area contributed by atoms with E-state index >= 15 is 0 Å². The van der Waals surface area contributed by atoms with Crippen LogP contribution in [-0.2, 0) is 14.2 Å². The van der Waals surface area contributed by atoms with Gasteiger partial charge in [-0.25, -0.2) is 4.79 Å². The first-order valence-corrected chi connectivity index (χ1v) is 7.99. The number of aliphatic hydroxyl groups is 4. The molecule has 1 aromatic heterocycles. The summed E-state index contributed by atoms with van der Waals surface area (Å²) in [5, 5.41) is 46.1. The summed E-state index contributed by atoms with van der Waals surface area (Å²) in [4.78, 5) is 13.3. The number of nitrogens with zero attached hydrogens (tertiary/aromatic N) is 3. The molecule has 2 fully saturated rings. The van der Waals surface area contributed by atoms with Gasteiger partial charge in [0.15, 0.2) is 0 Å². The van der Waals surface area contributed by atoms with Crippen molar-refractivity contribution in [3.05, 3.63) is 6.20 Å². The number of hydrogen-bond donors (Lipinski definition) is 5. The Kier molecular flexibility index (Phi) is 5.85. The molecule has 3 heterocycles. The normalized spacial score (nSPS) is 32.3. The third-order valence-electron chi connectivity index (χ3n) is 4.03. The first-order chi connectivity index (χ1) is 12.5. The zero-order valence-corrected chi connectivity index (χ0v) is 13.7. The number of amides is 1. The summed E-state index contributed by atoms with van der Waals surface area (Å²) < 4.78 is 20.1. The molecule has 0 bridgehead atoms. The molecule has 5 atom stereocenters. The Bertz CT molecular complexity index is 606. The number of anilines is 1. The van der Waals surface area contributed by atoms with Crippen LogP contribution >= 0.6 is 0 Å². The molecule has 2 saturated heterocycles. The molecule has 146 valence electrons. The van der Waals surface area contributed by atoms with Gasteiger partial charge in [-0.05, 0) is 0 Å². The molecular formula is C13H21N4O9+. The summed E-state index contributed by atoms with van der Waals surface area (Å²) in [5.41, 5.74) is 0. The van der Waals surface area contributed by atoms with E-state index in [9.17, 15) is 20.1 Å². The largest absolute Gasteiger partial charge is 0.416 e. The number of aromatic nitrogens is 2. The van der Waals surface area contributed by atoms with Crippen LogP contribution in [0, 0.1) is 0 Å². The van der Waals surface area contributed by atoms with Crippen molar-refractivity contribution in [1.29, 1.82) is 0 Å². The fourth-order valence-electron chi connectivity index (χ4n) is 2.59. The molecule has 0 saturated carbocycles. The van der Waals surface area contributed by atoms with Gasteiger partial charge >= 0.3 is 12.0 Å². The Balaban J connectivity index is 1.56. The lowest BCUT2D eigenvalue weighted by Gasteiger charge is -2.38. The summed E-state index contributed by atoms with van der Waals surface area (Å²) in [6.45, 7) is 1.66. The number of aliphatic hydroxyl groups excluding tert-OH is 4. The molecule has 2 aliphatic heterocycles. The van der Waals surface area contributed by atoms with Crippen molar-refractivity contribution in [2.24, 2.45) is 0 Å². The minimum absolute atomic E-state index is 0.0221. The molecule has 0 spiro atoms. The first-order valence-electron chi connectivity index (χ1n) is 7.99. The molecular weight excluding hydrogens is 356 g/mol. The fraction of sp³-hybridized carbons (Fsp3) is 0.769. The van der Waals surface area contributed by atoms with Crippen LogP contribution in [0.5, 0.6) is 0 Å². The molecule has 2 aliphatic rings. The van der Waals surface area contributed by atoms with Crippen LogP contribution in [0.15, 0.2) is 10.7 Å². The first kappa shape index (κ1) is 18.8. The van der Waals surface area contributed by atoms with Crippen LogP contribution in [-0.4, -0.2) is 95.4 Å². The molecule has 3 rings (SSSR count). The number of carbonyl (C=O) groups is 1. The topological polar surface area (TPSA) is 171 Å². The van der Waals surface area contributed by atoms with E-state index in [1.807, 2.05) is 5.01 Å². The maximum atomic E-state index is 11.9. The maximum Gasteiger partial charge on any atom is 0.416 e. The third-order valence-corrected chi connectivity index (χ3v) is 4.03. The van der Waals surface area contributed by atoms with E-state index < -0.39 is 43.4 Å². The second-order valence-corrected chi connectivity index (χ2v) is 5.78. The third kappa shape index (κ3) is 4.03. The van der Waals surface area contributed by atoms with Crippen molar-refractivity contribution >= 4 is 12.0 Å². The number of nitrogens with one attached hydrogen (secondary N) is 1. The van der Waals surface area contributed by atoms with Crippen LogP contribution < -0.4 is 15.1 Å². The minimum Gasteiger partial charge on any atom is -0.416 e. The van der Waals surface area contributed by atoms with Gasteiger partial charge in [-0.2, -0.15) is 0 Å². The number of morpholine rings is 1. The lowest BCUT2D eigenvalue weighted by atomic mass is 9.99. The average molecular weight is 377 g/mol. The monoisotopic (exact) mass is 377 g/mol. The van der Waals surface area contributed by atoms with Gasteiger partial charge in [0, 0.05) is 0 Å². The van der Waals surface area contributed by atoms with Gasteiger partial charge in [-0.15, -0.1) is 5.01 Å². The molecule has 26 heavy (non-hydrogen) atoms. The predicted octanol–water partition coefficient (Wildman–Crippen LogP) is -3.72. The highest BCUT2D eigenvalue weighted by molar-refractivity contribution is 5.82. The zero-order valence-electron chi connectivity index (χ0n) is 13.7. The van der Waals surface area contributed by atoms with Crippen molar-refractivity contribution in [1.82, 2.24) is 5.27 Å². The van der Waals surface area contributed by atoms with Crippen molar-refractivity contribution in [2.75, 3.05) is 43.2 Å². The fourth-order valence-corrected chi connectivity index (χ4v) is 2.59. The van der Waals surface area contributed by atoms with Crippen LogP contribution in [0.1, 0.15) is 0 Å². The van der Waals surface area contributed by atoms with Crippen molar-refractivity contribution in [2.45, 2.75) is 30.7 Å². The maximum absolute atomic E-state index is 11.9. The van der Waals surface area contributed by atoms with E-state index in [2.05, 4.69) is 10.6 Å². The molecule has 13 heteroatoms. The number of ether oxygens (including phenoxy) is 3. The van der Waals surface area contributed by atoms with Gasteiger partial charge in [0.2, 0.25) is 11.6 Å². The van der Waals surface area contributed by atoms with Gasteiger partial charge in [-0.3, -0.25) is 9.84 Å². The van der Waals surface area contributed by atoms with Gasteiger partial charge in [0.25, 0.3) is 6.20 Å². The summed E-state index contributed by atoms with van der Waals surface area (Å²) in [6.07, 6.45) is -7.27. The molecule has 5 N–H and O–H groups in total. The Morgan fingerprint density at radius 2 is 2.04 bits per heavy atom. The van der Waals surface area contributed by atoms with Crippen molar-refractivity contribution < 1.29 is 48.7 Å². The zero-order chi connectivity index (χ0) is 18.7. The Morgan fingerprint density at radius 3 is 2.73 bits per heavy atom. The molecule has 0 aliphatic carbocycles. The SMILES string of the molecule is O=C(Nc1c[n+](N2CCOCC2)no1)O[C@H]1OC(CO)[C@@H](O)[C@H](O)C1O. The average Bonchev–Trinajstić information content (AvgIpc) is 3.11. The molecule has 1 aromatic rings. The molecule has 1 amide bonds.